The molecule has 2 aliphatic rings. The fourth-order valence-electron chi connectivity index (χ4n) is 3.89. The number of hydrogen-bond donors (Lipinski definition) is 2. The molecule has 2 amide bonds. The number of aliphatic carboxylic acids is 1. The van der Waals surface area contributed by atoms with Gasteiger partial charge in [0.25, 0.3) is 11.8 Å². The van der Waals surface area contributed by atoms with Crippen LogP contribution in [0.4, 0.5) is 5.13 Å². The van der Waals surface area contributed by atoms with Gasteiger partial charge in [-0.3, -0.25) is 14.5 Å². The van der Waals surface area contributed by atoms with E-state index in [1.54, 1.807) is 29.2 Å². The van der Waals surface area contributed by atoms with Gasteiger partial charge in [0.2, 0.25) is 11.5 Å². The lowest BCUT2D eigenvalue weighted by Gasteiger charge is -2.50. The highest BCUT2D eigenvalue weighted by atomic mass is 35.5. The zero-order valence-corrected chi connectivity index (χ0v) is 21.4. The van der Waals surface area contributed by atoms with E-state index in [1.165, 1.54) is 18.9 Å². The first-order chi connectivity index (χ1) is 16.9. The second kappa shape index (κ2) is 11.1. The molecule has 2 atom stereocenters. The molecule has 37 heavy (non-hydrogen) atoms. The fraction of sp³-hybridized carbons (Fsp3) is 0.263. The van der Waals surface area contributed by atoms with Gasteiger partial charge in [-0.1, -0.05) is 10.3 Å². The minimum Gasteiger partial charge on any atom is -0.543 e. The van der Waals surface area contributed by atoms with Crippen LogP contribution in [-0.4, -0.2) is 77.1 Å². The van der Waals surface area contributed by atoms with Crippen LogP contribution in [0.1, 0.15) is 5.82 Å². The van der Waals surface area contributed by atoms with Gasteiger partial charge in [-0.25, -0.2) is 4.57 Å². The Hall–Kier alpha value is -3.80. The van der Waals surface area contributed by atoms with Crippen LogP contribution < -0.4 is 20.7 Å². The van der Waals surface area contributed by atoms with E-state index in [0.717, 1.165) is 22.1 Å². The number of thioether (sulfide) groups is 1. The number of nitrogens with two attached hydrogens (primary N) is 1. The summed E-state index contributed by atoms with van der Waals surface area (Å²) in [7, 11) is 1.25. The molecule has 5 rings (SSSR count). The molecule has 0 radical (unpaired) electrons. The molecule has 196 valence electrons. The smallest absolute Gasteiger partial charge is 0.307 e. The van der Waals surface area contributed by atoms with E-state index < -0.39 is 29.2 Å². The van der Waals surface area contributed by atoms with Crippen LogP contribution in [0.5, 0.6) is 0 Å². The lowest BCUT2D eigenvalue weighted by Crippen LogP contribution is -2.71. The van der Waals surface area contributed by atoms with Crippen molar-refractivity contribution in [2.45, 2.75) is 18.0 Å². The number of nitrogens with zero attached hydrogens (tertiary/aromatic N) is 7. The monoisotopic (exact) mass is 569 g/mol. The van der Waals surface area contributed by atoms with Crippen LogP contribution in [0, 0.1) is 0 Å². The maximum absolute atomic E-state index is 13.0. The number of hydrogen-bond acceptors (Lipinski definition) is 12. The number of halogens is 1. The number of rotatable bonds is 7. The Labute approximate surface area is 222 Å². The molecule has 0 aliphatic carbocycles. The molecular formula is C19H20ClN9O6S2. The molecule has 3 aromatic rings. The van der Waals surface area contributed by atoms with Crippen molar-refractivity contribution in [3.05, 3.63) is 47.8 Å². The standard InChI is InChI=1S/C19H17N9O5S2.ClH.H2O/c1-33-24-11(14-23-19(20)35-25-14)15(29)22-12-16(30)28-13(18(31)32)9(8-34-17(12)28)7-26-5-6-27-10(26)3-2-4-21-27;;/h2-6,12,17H,7-8H2,1H3,(H3-,20,22,23,25,29,31,32);1H;1H2/b24-11-;;/t12-,17-;;/m1../s1. The van der Waals surface area contributed by atoms with Crippen LogP contribution in [0.25, 0.3) is 5.65 Å². The van der Waals surface area contributed by atoms with E-state index in [2.05, 4.69) is 24.9 Å². The molecule has 0 saturated carbocycles. The van der Waals surface area contributed by atoms with Gasteiger partial charge in [-0.05, 0) is 6.07 Å². The van der Waals surface area contributed by atoms with E-state index in [9.17, 15) is 19.5 Å². The summed E-state index contributed by atoms with van der Waals surface area (Å²) in [6.07, 6.45) is 5.16. The van der Waals surface area contributed by atoms with Gasteiger partial charge in [-0.15, -0.1) is 28.7 Å². The first-order valence-electron chi connectivity index (χ1n) is 10.1. The highest BCUT2D eigenvalue weighted by Gasteiger charge is 2.53. The maximum atomic E-state index is 13.0. The Morgan fingerprint density at radius 1 is 1.43 bits per heavy atom. The van der Waals surface area contributed by atoms with Gasteiger partial charge >= 0.3 is 5.65 Å². The van der Waals surface area contributed by atoms with Crippen molar-refractivity contribution in [2.24, 2.45) is 5.16 Å². The predicted octanol–water partition coefficient (Wildman–Crippen LogP) is -2.89. The number of carboxylic acids is 1. The highest BCUT2D eigenvalue weighted by molar-refractivity contribution is 8.00. The Morgan fingerprint density at radius 2 is 2.22 bits per heavy atom. The lowest BCUT2D eigenvalue weighted by atomic mass is 10.0. The van der Waals surface area contributed by atoms with Crippen molar-refractivity contribution in [1.82, 2.24) is 29.2 Å². The molecule has 15 nitrogen and oxygen atoms in total. The van der Waals surface area contributed by atoms with Crippen molar-refractivity contribution < 1.29 is 34.4 Å². The van der Waals surface area contributed by atoms with Crippen molar-refractivity contribution in [2.75, 3.05) is 18.6 Å². The first kappa shape index (κ1) is 27.8. The Morgan fingerprint density at radius 3 is 2.89 bits per heavy atom. The average Bonchev–Trinajstić information content (AvgIpc) is 3.46. The number of nitrogens with one attached hydrogen (secondary N) is 1. The van der Waals surface area contributed by atoms with Crippen LogP contribution in [0.15, 0.2) is 47.1 Å². The summed E-state index contributed by atoms with van der Waals surface area (Å²) < 4.78 is 7.43. The Kier molecular flexibility index (Phi) is 8.32. The molecular weight excluding hydrogens is 550 g/mol. The summed E-state index contributed by atoms with van der Waals surface area (Å²) in [5.41, 5.74) is 6.39. The molecule has 5 heterocycles. The number of oxime groups is 1. The molecule has 18 heteroatoms. The minimum atomic E-state index is -1.46. The van der Waals surface area contributed by atoms with E-state index >= 15 is 0 Å². The summed E-state index contributed by atoms with van der Waals surface area (Å²) >= 11 is 2.21. The molecule has 1 fully saturated rings. The third kappa shape index (κ3) is 4.93. The number of amides is 2. The number of carboxylic acid groups (broad SMARTS) is 1. The predicted molar refractivity (Wildman–Crippen MR) is 131 cm³/mol. The van der Waals surface area contributed by atoms with E-state index in [0.29, 0.717) is 11.3 Å². The summed E-state index contributed by atoms with van der Waals surface area (Å²) in [5.74, 6) is -2.53. The zero-order chi connectivity index (χ0) is 24.7. The first-order valence-corrected chi connectivity index (χ1v) is 11.9. The summed E-state index contributed by atoms with van der Waals surface area (Å²) in [5, 5.41) is 22.0. The SMILES string of the molecule is CO/N=C(\C(=O)N[C@@H]1C(=O)N2C(C(=O)[O-])=C(C[n+]3ccn4ncccc43)CS[C@H]12)c1nsc(N)n1.Cl.O. The molecule has 5 N–H and O–H groups in total. The molecule has 1 saturated heterocycles. The van der Waals surface area contributed by atoms with Gasteiger partial charge in [-0.2, -0.15) is 9.36 Å². The van der Waals surface area contributed by atoms with Gasteiger partial charge in [0.05, 0.1) is 17.9 Å². The summed E-state index contributed by atoms with van der Waals surface area (Å²) in [4.78, 5) is 47.6. The number of anilines is 1. The van der Waals surface area contributed by atoms with Crippen molar-refractivity contribution >= 4 is 70.0 Å². The van der Waals surface area contributed by atoms with Crippen LogP contribution in [-0.2, 0) is 25.8 Å². The molecule has 3 aromatic heterocycles. The van der Waals surface area contributed by atoms with Crippen molar-refractivity contribution in [3.63, 3.8) is 0 Å². The quantitative estimate of drug-likeness (QED) is 0.128. The largest absolute Gasteiger partial charge is 0.543 e. The van der Waals surface area contributed by atoms with E-state index in [1.807, 2.05) is 10.6 Å². The second-order valence-electron chi connectivity index (χ2n) is 7.43. The number of carbonyl (C=O) groups is 3. The van der Waals surface area contributed by atoms with Crippen molar-refractivity contribution in [1.29, 1.82) is 0 Å². The number of fused-ring (bicyclic) bond motifs is 2. The molecule has 0 bridgehead atoms. The maximum Gasteiger partial charge on any atom is 0.307 e. The minimum absolute atomic E-state index is 0. The molecule has 0 aromatic carbocycles. The van der Waals surface area contributed by atoms with E-state index in [-0.39, 0.29) is 46.8 Å². The Bertz CT molecular complexity index is 1420. The third-order valence-corrected chi connectivity index (χ3v) is 7.26. The molecule has 0 spiro atoms. The van der Waals surface area contributed by atoms with Crippen LogP contribution in [0.2, 0.25) is 0 Å². The fourth-order valence-corrected chi connectivity index (χ4v) is 5.66. The summed E-state index contributed by atoms with van der Waals surface area (Å²) in [6, 6.07) is 2.64. The second-order valence-corrected chi connectivity index (χ2v) is 9.32. The van der Waals surface area contributed by atoms with Crippen LogP contribution in [0.3, 0.4) is 0 Å². The van der Waals surface area contributed by atoms with Gasteiger partial charge in [0, 0.05) is 28.9 Å². The summed E-state index contributed by atoms with van der Waals surface area (Å²) in [6.45, 7) is 0.230. The third-order valence-electron chi connectivity index (χ3n) is 5.38. The van der Waals surface area contributed by atoms with Gasteiger partial charge in [0.1, 0.15) is 31.3 Å². The normalized spacial score (nSPS) is 18.9. The highest BCUT2D eigenvalue weighted by Crippen LogP contribution is 2.40. The average molecular weight is 570 g/mol. The molecule has 2 aliphatic heterocycles. The number of β-lactam (4-membered cyclic amide) rings is 1. The molecule has 0 unspecified atom stereocenters. The number of imidazole rings is 1. The Balaban J connectivity index is 0.00000190. The number of nitrogen functional groups attached to an aromatic ring is 1. The van der Waals surface area contributed by atoms with Gasteiger partial charge < -0.3 is 31.3 Å². The van der Waals surface area contributed by atoms with E-state index in [4.69, 9.17) is 10.6 Å². The number of carbonyl (C=O) groups excluding carboxylic acids is 3. The van der Waals surface area contributed by atoms with Crippen LogP contribution >= 0.6 is 35.7 Å². The van der Waals surface area contributed by atoms with Gasteiger partial charge in [0.15, 0.2) is 11.3 Å². The number of aromatic nitrogens is 5. The lowest BCUT2D eigenvalue weighted by molar-refractivity contribution is -0.662. The van der Waals surface area contributed by atoms with Crippen molar-refractivity contribution in [3.8, 4) is 0 Å². The zero-order valence-electron chi connectivity index (χ0n) is 18.9. The topological polar surface area (TPSA) is 216 Å².